The molecule has 0 radical (unpaired) electrons. The van der Waals surface area contributed by atoms with Gasteiger partial charge in [-0.05, 0) is 19.1 Å². The number of fused-ring (bicyclic) bond motifs is 1. The summed E-state index contributed by atoms with van der Waals surface area (Å²) in [5.74, 6) is 6.38. The maximum Gasteiger partial charge on any atom is 0.128 e. The molecule has 1 heterocycles. The highest BCUT2D eigenvalue weighted by Crippen LogP contribution is 2.19. The predicted molar refractivity (Wildman–Crippen MR) is 68.4 cm³/mol. The van der Waals surface area contributed by atoms with Gasteiger partial charge < -0.3 is 5.32 Å². The van der Waals surface area contributed by atoms with Crippen molar-refractivity contribution in [2.24, 2.45) is 0 Å². The van der Waals surface area contributed by atoms with Crippen LogP contribution in [0.15, 0.2) is 30.3 Å². The smallest absolute Gasteiger partial charge is 0.128 e. The number of anilines is 1. The van der Waals surface area contributed by atoms with Crippen molar-refractivity contribution in [2.75, 3.05) is 11.9 Å². The first-order valence-corrected chi connectivity index (χ1v) is 5.28. The summed E-state index contributed by atoms with van der Waals surface area (Å²) in [6.07, 6.45) is 0. The van der Waals surface area contributed by atoms with Gasteiger partial charge in [0.1, 0.15) is 5.82 Å². The molecule has 0 aliphatic rings. The molecule has 0 bridgehead atoms. The number of para-hydroxylation sites is 1. The van der Waals surface area contributed by atoms with E-state index in [0.29, 0.717) is 17.9 Å². The summed E-state index contributed by atoms with van der Waals surface area (Å²) in [6.45, 7) is 2.32. The summed E-state index contributed by atoms with van der Waals surface area (Å²) < 4.78 is 0. The molecule has 2 aromatic rings. The van der Waals surface area contributed by atoms with Gasteiger partial charge in [-0.1, -0.05) is 24.1 Å². The van der Waals surface area contributed by atoms with E-state index in [2.05, 4.69) is 28.2 Å². The van der Waals surface area contributed by atoms with Gasteiger partial charge in [-0.3, -0.25) is 0 Å². The summed E-state index contributed by atoms with van der Waals surface area (Å²) in [5, 5.41) is 13.1. The predicted octanol–water partition coefficient (Wildman–Crippen LogP) is 2.54. The van der Waals surface area contributed by atoms with E-state index >= 15 is 0 Å². The van der Waals surface area contributed by atoms with Crippen molar-refractivity contribution in [3.05, 3.63) is 35.9 Å². The largest absolute Gasteiger partial charge is 0.359 e. The first kappa shape index (κ1) is 11.0. The van der Waals surface area contributed by atoms with Crippen LogP contribution < -0.4 is 5.32 Å². The monoisotopic (exact) mass is 221 g/mol. The van der Waals surface area contributed by atoms with Crippen molar-refractivity contribution in [1.29, 1.82) is 5.26 Å². The molecule has 0 atom stereocenters. The van der Waals surface area contributed by atoms with Crippen LogP contribution in [0.5, 0.6) is 0 Å². The second-order valence-electron chi connectivity index (χ2n) is 3.46. The quantitative estimate of drug-likeness (QED) is 0.793. The van der Waals surface area contributed by atoms with E-state index in [4.69, 9.17) is 5.26 Å². The fourth-order valence-corrected chi connectivity index (χ4v) is 1.58. The lowest BCUT2D eigenvalue weighted by molar-refractivity contribution is 1.28. The molecule has 0 saturated heterocycles. The molecule has 0 aliphatic heterocycles. The lowest BCUT2D eigenvalue weighted by Gasteiger charge is -2.05. The Kier molecular flexibility index (Phi) is 3.23. The second kappa shape index (κ2) is 5.01. The highest BCUT2D eigenvalue weighted by atomic mass is 15.0. The molecule has 17 heavy (non-hydrogen) atoms. The highest BCUT2D eigenvalue weighted by Gasteiger charge is 2.03. The topological polar surface area (TPSA) is 48.7 Å². The van der Waals surface area contributed by atoms with E-state index in [0.717, 1.165) is 10.9 Å². The average molecular weight is 221 g/mol. The minimum atomic E-state index is 0.534. The Bertz CT molecular complexity index is 642. The summed E-state index contributed by atoms with van der Waals surface area (Å²) in [4.78, 5) is 4.43. The first-order chi connectivity index (χ1) is 8.35. The fourth-order valence-electron chi connectivity index (χ4n) is 1.58. The highest BCUT2D eigenvalue weighted by molar-refractivity contribution is 5.86. The van der Waals surface area contributed by atoms with Gasteiger partial charge in [0.05, 0.1) is 23.7 Å². The van der Waals surface area contributed by atoms with Crippen molar-refractivity contribution < 1.29 is 0 Å². The Labute approximate surface area is 100 Å². The molecule has 0 saturated carbocycles. The Morgan fingerprint density at radius 2 is 2.18 bits per heavy atom. The van der Waals surface area contributed by atoms with E-state index in [-0.39, 0.29) is 0 Å². The molecule has 2 rings (SSSR count). The first-order valence-electron chi connectivity index (χ1n) is 5.28. The average Bonchev–Trinajstić information content (AvgIpc) is 2.38. The molecule has 0 fully saturated rings. The third kappa shape index (κ3) is 2.35. The van der Waals surface area contributed by atoms with Gasteiger partial charge in [0.2, 0.25) is 0 Å². The van der Waals surface area contributed by atoms with Crippen LogP contribution in [0.3, 0.4) is 0 Å². The van der Waals surface area contributed by atoms with Crippen LogP contribution in [0, 0.1) is 23.2 Å². The van der Waals surface area contributed by atoms with Crippen LogP contribution in [0.4, 0.5) is 5.82 Å². The molecular weight excluding hydrogens is 210 g/mol. The van der Waals surface area contributed by atoms with E-state index in [9.17, 15) is 0 Å². The molecular formula is C14H11N3. The van der Waals surface area contributed by atoms with Crippen LogP contribution >= 0.6 is 0 Å². The summed E-state index contributed by atoms with van der Waals surface area (Å²) in [5.41, 5.74) is 1.45. The second-order valence-corrected chi connectivity index (χ2v) is 3.46. The number of pyridine rings is 1. The number of nitrogens with one attached hydrogen (secondary N) is 1. The Morgan fingerprint density at radius 3 is 2.94 bits per heavy atom. The molecule has 0 amide bonds. The van der Waals surface area contributed by atoms with Crippen molar-refractivity contribution in [3.8, 4) is 17.9 Å². The van der Waals surface area contributed by atoms with Gasteiger partial charge in [-0.15, -0.1) is 5.92 Å². The SMILES string of the molecule is CC#CCNc1cc(C#N)c2ccccc2n1. The summed E-state index contributed by atoms with van der Waals surface area (Å²) in [6, 6.07) is 11.5. The summed E-state index contributed by atoms with van der Waals surface area (Å²) >= 11 is 0. The maximum atomic E-state index is 9.10. The number of rotatable bonds is 2. The Hall–Kier alpha value is -2.52. The van der Waals surface area contributed by atoms with Gasteiger partial charge in [-0.25, -0.2) is 4.98 Å². The van der Waals surface area contributed by atoms with Crippen LogP contribution in [0.1, 0.15) is 12.5 Å². The fraction of sp³-hybridized carbons (Fsp3) is 0.143. The number of hydrogen-bond donors (Lipinski definition) is 1. The van der Waals surface area contributed by atoms with Gasteiger partial charge in [0, 0.05) is 5.39 Å². The normalized spacial score (nSPS) is 9.18. The lowest BCUT2D eigenvalue weighted by atomic mass is 10.1. The van der Waals surface area contributed by atoms with Gasteiger partial charge in [0.15, 0.2) is 0 Å². The van der Waals surface area contributed by atoms with E-state index in [1.165, 1.54) is 0 Å². The third-order valence-electron chi connectivity index (χ3n) is 2.37. The molecule has 82 valence electrons. The molecule has 0 spiro atoms. The van der Waals surface area contributed by atoms with Crippen LogP contribution in [0.2, 0.25) is 0 Å². The van der Waals surface area contributed by atoms with Gasteiger partial charge in [0.25, 0.3) is 0 Å². The number of nitrogens with zero attached hydrogens (tertiary/aromatic N) is 2. The van der Waals surface area contributed by atoms with Crippen LogP contribution in [-0.4, -0.2) is 11.5 Å². The molecule has 3 heteroatoms. The Morgan fingerprint density at radius 1 is 1.35 bits per heavy atom. The zero-order chi connectivity index (χ0) is 12.1. The zero-order valence-electron chi connectivity index (χ0n) is 9.49. The molecule has 1 N–H and O–H groups in total. The van der Waals surface area contributed by atoms with Crippen molar-refractivity contribution in [2.45, 2.75) is 6.92 Å². The lowest BCUT2D eigenvalue weighted by Crippen LogP contribution is -2.01. The minimum Gasteiger partial charge on any atom is -0.359 e. The van der Waals surface area contributed by atoms with E-state index in [1.807, 2.05) is 24.3 Å². The van der Waals surface area contributed by atoms with Crippen LogP contribution in [-0.2, 0) is 0 Å². The van der Waals surface area contributed by atoms with Crippen molar-refractivity contribution >= 4 is 16.7 Å². The number of hydrogen-bond acceptors (Lipinski definition) is 3. The van der Waals surface area contributed by atoms with Gasteiger partial charge in [-0.2, -0.15) is 5.26 Å². The number of aromatic nitrogens is 1. The van der Waals surface area contributed by atoms with E-state index in [1.54, 1.807) is 13.0 Å². The zero-order valence-corrected chi connectivity index (χ0v) is 9.49. The minimum absolute atomic E-state index is 0.534. The third-order valence-corrected chi connectivity index (χ3v) is 2.37. The van der Waals surface area contributed by atoms with E-state index < -0.39 is 0 Å². The number of nitriles is 1. The maximum absolute atomic E-state index is 9.10. The summed E-state index contributed by atoms with van der Waals surface area (Å²) in [7, 11) is 0. The van der Waals surface area contributed by atoms with Gasteiger partial charge >= 0.3 is 0 Å². The molecule has 0 unspecified atom stereocenters. The molecule has 0 aliphatic carbocycles. The standard InChI is InChI=1S/C14H11N3/c1-2-3-8-16-14-9-11(10-15)12-6-4-5-7-13(12)17-14/h4-7,9H,8H2,1H3,(H,16,17). The molecule has 1 aromatic heterocycles. The van der Waals surface area contributed by atoms with Crippen molar-refractivity contribution in [1.82, 2.24) is 4.98 Å². The molecule has 1 aromatic carbocycles. The molecule has 3 nitrogen and oxygen atoms in total. The van der Waals surface area contributed by atoms with Crippen molar-refractivity contribution in [3.63, 3.8) is 0 Å². The Balaban J connectivity index is 2.45. The van der Waals surface area contributed by atoms with Crippen LogP contribution in [0.25, 0.3) is 10.9 Å². The number of benzene rings is 1.